The molecule has 1 aromatic rings. The van der Waals surface area contributed by atoms with Gasteiger partial charge in [-0.3, -0.25) is 0 Å². The van der Waals surface area contributed by atoms with Gasteiger partial charge in [0.05, 0.1) is 12.7 Å². The molecule has 3 N–H and O–H groups in total. The standard InChI is InChI=1S/C13H20FNO2S/c1-2-3-6-17-8-11(16)9-18-13-5-4-10(14)7-12(13)15/h4-5,7,11,16H,2-3,6,8-9,15H2,1H3. The van der Waals surface area contributed by atoms with Crippen molar-refractivity contribution in [2.75, 3.05) is 24.7 Å². The third kappa shape index (κ3) is 5.71. The first-order valence-corrected chi connectivity index (χ1v) is 7.05. The van der Waals surface area contributed by atoms with Crippen LogP contribution in [0.1, 0.15) is 19.8 Å². The number of benzene rings is 1. The van der Waals surface area contributed by atoms with Crippen molar-refractivity contribution in [2.24, 2.45) is 0 Å². The highest BCUT2D eigenvalue weighted by Gasteiger charge is 2.07. The second-order valence-electron chi connectivity index (χ2n) is 4.08. The number of rotatable bonds is 8. The van der Waals surface area contributed by atoms with Crippen molar-refractivity contribution in [3.63, 3.8) is 0 Å². The van der Waals surface area contributed by atoms with E-state index < -0.39 is 6.10 Å². The van der Waals surface area contributed by atoms with Crippen molar-refractivity contribution in [3.05, 3.63) is 24.0 Å². The van der Waals surface area contributed by atoms with Gasteiger partial charge in [0.2, 0.25) is 0 Å². The van der Waals surface area contributed by atoms with E-state index in [0.717, 1.165) is 17.7 Å². The normalized spacial score (nSPS) is 12.6. The Balaban J connectivity index is 2.27. The maximum absolute atomic E-state index is 12.8. The van der Waals surface area contributed by atoms with Gasteiger partial charge in [-0.1, -0.05) is 13.3 Å². The van der Waals surface area contributed by atoms with Crippen molar-refractivity contribution in [3.8, 4) is 0 Å². The van der Waals surface area contributed by atoms with Gasteiger partial charge < -0.3 is 15.6 Å². The van der Waals surface area contributed by atoms with Gasteiger partial charge in [0, 0.05) is 22.9 Å². The number of aliphatic hydroxyl groups is 1. The third-order valence-corrected chi connectivity index (χ3v) is 3.59. The Morgan fingerprint density at radius 2 is 2.28 bits per heavy atom. The van der Waals surface area contributed by atoms with Gasteiger partial charge in [0.1, 0.15) is 5.82 Å². The van der Waals surface area contributed by atoms with Crippen molar-refractivity contribution in [1.82, 2.24) is 0 Å². The van der Waals surface area contributed by atoms with Crippen molar-refractivity contribution < 1.29 is 14.2 Å². The molecule has 0 bridgehead atoms. The highest BCUT2D eigenvalue weighted by Crippen LogP contribution is 2.26. The minimum absolute atomic E-state index is 0.327. The van der Waals surface area contributed by atoms with Gasteiger partial charge in [-0.15, -0.1) is 11.8 Å². The molecule has 0 heterocycles. The molecule has 1 atom stereocenters. The molecule has 0 aromatic heterocycles. The Morgan fingerprint density at radius 1 is 1.50 bits per heavy atom. The lowest BCUT2D eigenvalue weighted by Gasteiger charge is -2.11. The molecular weight excluding hydrogens is 253 g/mol. The maximum atomic E-state index is 12.8. The first kappa shape index (κ1) is 15.3. The van der Waals surface area contributed by atoms with E-state index in [1.165, 1.54) is 23.9 Å². The second kappa shape index (κ2) is 8.34. The molecule has 1 rings (SSSR count). The number of anilines is 1. The predicted octanol–water partition coefficient (Wildman–Crippen LogP) is 2.68. The number of aliphatic hydroxyl groups excluding tert-OH is 1. The Hall–Kier alpha value is -0.780. The lowest BCUT2D eigenvalue weighted by molar-refractivity contribution is 0.0473. The monoisotopic (exact) mass is 273 g/mol. The average Bonchev–Trinajstić information content (AvgIpc) is 2.33. The highest BCUT2D eigenvalue weighted by atomic mass is 32.2. The Bertz CT molecular complexity index is 363. The van der Waals surface area contributed by atoms with E-state index in [9.17, 15) is 9.50 Å². The van der Waals surface area contributed by atoms with Crippen LogP contribution in [-0.4, -0.2) is 30.2 Å². The van der Waals surface area contributed by atoms with Gasteiger partial charge in [-0.25, -0.2) is 4.39 Å². The Morgan fingerprint density at radius 3 is 2.94 bits per heavy atom. The van der Waals surface area contributed by atoms with Crippen LogP contribution in [0.15, 0.2) is 23.1 Å². The number of hydrogen-bond donors (Lipinski definition) is 2. The van der Waals surface area contributed by atoms with Crippen LogP contribution in [0.4, 0.5) is 10.1 Å². The topological polar surface area (TPSA) is 55.5 Å². The fourth-order valence-corrected chi connectivity index (χ4v) is 2.21. The van der Waals surface area contributed by atoms with Crippen LogP contribution in [-0.2, 0) is 4.74 Å². The zero-order valence-corrected chi connectivity index (χ0v) is 11.4. The fourth-order valence-electron chi connectivity index (χ4n) is 1.35. The zero-order valence-electron chi connectivity index (χ0n) is 10.6. The van der Waals surface area contributed by atoms with E-state index in [1.54, 1.807) is 6.07 Å². The molecule has 102 valence electrons. The molecular formula is C13H20FNO2S. The van der Waals surface area contributed by atoms with Gasteiger partial charge >= 0.3 is 0 Å². The molecule has 0 aliphatic carbocycles. The summed E-state index contributed by atoms with van der Waals surface area (Å²) in [4.78, 5) is 0.781. The van der Waals surface area contributed by atoms with Crippen LogP contribution in [0, 0.1) is 5.82 Å². The lowest BCUT2D eigenvalue weighted by atomic mass is 10.3. The van der Waals surface area contributed by atoms with Crippen LogP contribution in [0.5, 0.6) is 0 Å². The summed E-state index contributed by atoms with van der Waals surface area (Å²) in [6, 6.07) is 4.27. The van der Waals surface area contributed by atoms with E-state index in [0.29, 0.717) is 24.7 Å². The van der Waals surface area contributed by atoms with Gasteiger partial charge in [-0.2, -0.15) is 0 Å². The molecule has 0 radical (unpaired) electrons. The Kier molecular flexibility index (Phi) is 7.08. The number of nitrogen functional groups attached to an aromatic ring is 1. The largest absolute Gasteiger partial charge is 0.398 e. The molecule has 0 saturated carbocycles. The van der Waals surface area contributed by atoms with Crippen LogP contribution >= 0.6 is 11.8 Å². The van der Waals surface area contributed by atoms with Crippen LogP contribution in [0.3, 0.4) is 0 Å². The molecule has 0 amide bonds. The first-order chi connectivity index (χ1) is 8.63. The first-order valence-electron chi connectivity index (χ1n) is 6.07. The molecule has 0 saturated heterocycles. The van der Waals surface area contributed by atoms with Crippen molar-refractivity contribution in [1.29, 1.82) is 0 Å². The minimum atomic E-state index is -0.531. The summed E-state index contributed by atoms with van der Waals surface area (Å²) < 4.78 is 18.1. The molecule has 5 heteroatoms. The van der Waals surface area contributed by atoms with E-state index in [1.807, 2.05) is 0 Å². The van der Waals surface area contributed by atoms with Gasteiger partial charge in [0.25, 0.3) is 0 Å². The van der Waals surface area contributed by atoms with Crippen molar-refractivity contribution in [2.45, 2.75) is 30.8 Å². The van der Waals surface area contributed by atoms with E-state index in [2.05, 4.69) is 6.92 Å². The Labute approximate surface area is 112 Å². The van der Waals surface area contributed by atoms with E-state index in [4.69, 9.17) is 10.5 Å². The summed E-state index contributed by atoms with van der Waals surface area (Å²) in [6.45, 7) is 3.10. The number of halogens is 1. The number of unbranched alkanes of at least 4 members (excludes halogenated alkanes) is 1. The van der Waals surface area contributed by atoms with Gasteiger partial charge in [0.15, 0.2) is 0 Å². The molecule has 0 aliphatic rings. The summed E-state index contributed by atoms with van der Waals surface area (Å²) in [7, 11) is 0. The summed E-state index contributed by atoms with van der Waals surface area (Å²) in [5.74, 6) is 0.141. The SMILES string of the molecule is CCCCOCC(O)CSc1ccc(F)cc1N. The van der Waals surface area contributed by atoms with Crippen LogP contribution < -0.4 is 5.73 Å². The minimum Gasteiger partial charge on any atom is -0.398 e. The fraction of sp³-hybridized carbons (Fsp3) is 0.538. The van der Waals surface area contributed by atoms with Crippen LogP contribution in [0.25, 0.3) is 0 Å². The second-order valence-corrected chi connectivity index (χ2v) is 5.14. The van der Waals surface area contributed by atoms with Crippen LogP contribution in [0.2, 0.25) is 0 Å². The smallest absolute Gasteiger partial charge is 0.125 e. The summed E-state index contributed by atoms with van der Waals surface area (Å²) in [6.07, 6.45) is 1.55. The number of nitrogens with two attached hydrogens (primary N) is 1. The molecule has 0 aliphatic heterocycles. The predicted molar refractivity (Wildman–Crippen MR) is 73.3 cm³/mol. The molecule has 0 fully saturated rings. The maximum Gasteiger partial charge on any atom is 0.125 e. The molecule has 3 nitrogen and oxygen atoms in total. The number of hydrogen-bond acceptors (Lipinski definition) is 4. The summed E-state index contributed by atoms with van der Waals surface area (Å²) in [5.41, 5.74) is 6.08. The molecule has 0 spiro atoms. The average molecular weight is 273 g/mol. The third-order valence-electron chi connectivity index (χ3n) is 2.36. The molecule has 1 unspecified atom stereocenters. The van der Waals surface area contributed by atoms with E-state index >= 15 is 0 Å². The number of ether oxygens (including phenoxy) is 1. The lowest BCUT2D eigenvalue weighted by Crippen LogP contribution is -2.18. The van der Waals surface area contributed by atoms with Crippen molar-refractivity contribution >= 4 is 17.4 Å². The quantitative estimate of drug-likeness (QED) is 0.434. The zero-order chi connectivity index (χ0) is 13.4. The molecule has 1 aromatic carbocycles. The number of thioether (sulfide) groups is 1. The highest BCUT2D eigenvalue weighted by molar-refractivity contribution is 7.99. The van der Waals surface area contributed by atoms with Gasteiger partial charge in [-0.05, 0) is 24.6 Å². The van der Waals surface area contributed by atoms with E-state index in [-0.39, 0.29) is 5.82 Å². The summed E-state index contributed by atoms with van der Waals surface area (Å²) in [5, 5.41) is 9.69. The summed E-state index contributed by atoms with van der Waals surface area (Å²) >= 11 is 1.41. The molecule has 18 heavy (non-hydrogen) atoms.